The molecule has 5 nitrogen and oxygen atoms in total. The van der Waals surface area contributed by atoms with Crippen molar-refractivity contribution in [2.24, 2.45) is 0 Å². The first-order valence-corrected chi connectivity index (χ1v) is 6.68. The first kappa shape index (κ1) is 13.6. The van der Waals surface area contributed by atoms with E-state index in [4.69, 9.17) is 0 Å². The van der Waals surface area contributed by atoms with Crippen LogP contribution in [0.25, 0.3) is 0 Å². The molecule has 2 aromatic rings. The van der Waals surface area contributed by atoms with Crippen LogP contribution in [-0.2, 0) is 6.54 Å². The third-order valence-electron chi connectivity index (χ3n) is 2.38. The van der Waals surface area contributed by atoms with Crippen molar-refractivity contribution < 1.29 is 9.72 Å². The van der Waals surface area contributed by atoms with E-state index in [0.717, 1.165) is 4.90 Å². The molecule has 0 bridgehead atoms. The number of non-ortho nitro benzene ring substituents is 1. The number of nitro groups is 1. The first-order chi connectivity index (χ1) is 9.06. The number of amides is 1. The number of thiophene rings is 1. The van der Waals surface area contributed by atoms with Gasteiger partial charge in [0.15, 0.2) is 0 Å². The molecule has 0 saturated carbocycles. The number of benzene rings is 1. The Kier molecular flexibility index (Phi) is 4.18. The van der Waals surface area contributed by atoms with Gasteiger partial charge in [-0.2, -0.15) is 0 Å². The third kappa shape index (κ3) is 3.55. The number of carbonyl (C=O) groups is 1. The summed E-state index contributed by atoms with van der Waals surface area (Å²) in [6, 6.07) is 7.86. The van der Waals surface area contributed by atoms with E-state index in [9.17, 15) is 14.9 Å². The zero-order chi connectivity index (χ0) is 13.8. The number of thiol groups is 1. The molecule has 1 aromatic heterocycles. The van der Waals surface area contributed by atoms with Crippen LogP contribution in [0.3, 0.4) is 0 Å². The lowest BCUT2D eigenvalue weighted by atomic mass is 10.2. The normalized spacial score (nSPS) is 10.2. The van der Waals surface area contributed by atoms with Crippen molar-refractivity contribution >= 4 is 35.6 Å². The highest BCUT2D eigenvalue weighted by atomic mass is 32.1. The largest absolute Gasteiger partial charge is 0.347 e. The molecule has 0 aliphatic carbocycles. The van der Waals surface area contributed by atoms with Crippen LogP contribution in [0.1, 0.15) is 15.2 Å². The number of hydrogen-bond acceptors (Lipinski definition) is 5. The highest BCUT2D eigenvalue weighted by molar-refractivity contribution is 7.80. The number of nitrogens with one attached hydrogen (secondary N) is 1. The average Bonchev–Trinajstić information content (AvgIpc) is 2.83. The standard InChI is InChI=1S/C12H10N2O3S2/c15-12(11-5-10(18)7-19-11)13-6-8-2-1-3-9(4-8)14(16)17/h1-5,7,18H,6H2,(H,13,15). The monoisotopic (exact) mass is 294 g/mol. The maximum absolute atomic E-state index is 11.8. The van der Waals surface area contributed by atoms with Crippen molar-refractivity contribution in [1.29, 1.82) is 0 Å². The summed E-state index contributed by atoms with van der Waals surface area (Å²) in [5.41, 5.74) is 0.700. The summed E-state index contributed by atoms with van der Waals surface area (Å²) in [6.45, 7) is 0.250. The number of rotatable bonds is 4. The quantitative estimate of drug-likeness (QED) is 0.517. The van der Waals surface area contributed by atoms with Gasteiger partial charge in [0.1, 0.15) is 0 Å². The van der Waals surface area contributed by atoms with Gasteiger partial charge in [0.25, 0.3) is 11.6 Å². The van der Waals surface area contributed by atoms with E-state index < -0.39 is 4.92 Å². The molecule has 1 aromatic carbocycles. The van der Waals surface area contributed by atoms with E-state index >= 15 is 0 Å². The Morgan fingerprint density at radius 1 is 1.42 bits per heavy atom. The highest BCUT2D eigenvalue weighted by Gasteiger charge is 2.09. The maximum Gasteiger partial charge on any atom is 0.269 e. The molecular weight excluding hydrogens is 284 g/mol. The fourth-order valence-corrected chi connectivity index (χ4v) is 2.56. The van der Waals surface area contributed by atoms with Gasteiger partial charge in [-0.1, -0.05) is 12.1 Å². The van der Waals surface area contributed by atoms with E-state index in [2.05, 4.69) is 17.9 Å². The molecule has 0 aliphatic heterocycles. The molecule has 1 amide bonds. The molecule has 0 fully saturated rings. The van der Waals surface area contributed by atoms with Crippen molar-refractivity contribution in [1.82, 2.24) is 5.32 Å². The Morgan fingerprint density at radius 3 is 2.84 bits per heavy atom. The fraction of sp³-hybridized carbons (Fsp3) is 0.0833. The molecule has 0 unspecified atom stereocenters. The van der Waals surface area contributed by atoms with E-state index in [-0.39, 0.29) is 18.1 Å². The van der Waals surface area contributed by atoms with Crippen molar-refractivity contribution in [3.63, 3.8) is 0 Å². The molecule has 0 saturated heterocycles. The van der Waals surface area contributed by atoms with Crippen molar-refractivity contribution in [3.05, 3.63) is 56.3 Å². The molecule has 1 N–H and O–H groups in total. The molecule has 0 radical (unpaired) electrons. The molecule has 2 rings (SSSR count). The van der Waals surface area contributed by atoms with Crippen LogP contribution in [0.15, 0.2) is 40.6 Å². The van der Waals surface area contributed by atoms with Gasteiger partial charge in [-0.3, -0.25) is 14.9 Å². The highest BCUT2D eigenvalue weighted by Crippen LogP contribution is 2.18. The lowest BCUT2D eigenvalue weighted by Gasteiger charge is -2.03. The lowest BCUT2D eigenvalue weighted by Crippen LogP contribution is -2.21. The summed E-state index contributed by atoms with van der Waals surface area (Å²) in [4.78, 5) is 23.3. The van der Waals surface area contributed by atoms with Crippen LogP contribution >= 0.6 is 24.0 Å². The van der Waals surface area contributed by atoms with E-state index in [1.807, 2.05) is 0 Å². The molecule has 1 heterocycles. The second kappa shape index (κ2) is 5.85. The predicted octanol–water partition coefficient (Wildman–Crippen LogP) is 2.88. The van der Waals surface area contributed by atoms with E-state index in [1.54, 1.807) is 23.6 Å². The van der Waals surface area contributed by atoms with E-state index in [1.165, 1.54) is 23.5 Å². The van der Waals surface area contributed by atoms with Crippen LogP contribution in [0.5, 0.6) is 0 Å². The van der Waals surface area contributed by atoms with Crippen LogP contribution in [0, 0.1) is 10.1 Å². The van der Waals surface area contributed by atoms with Gasteiger partial charge >= 0.3 is 0 Å². The van der Waals surface area contributed by atoms with Crippen molar-refractivity contribution in [3.8, 4) is 0 Å². The van der Waals surface area contributed by atoms with Crippen LogP contribution in [0.4, 0.5) is 5.69 Å². The summed E-state index contributed by atoms with van der Waals surface area (Å²) in [7, 11) is 0. The van der Waals surface area contributed by atoms with Crippen LogP contribution < -0.4 is 5.32 Å². The maximum atomic E-state index is 11.8. The molecule has 0 aliphatic rings. The Hall–Kier alpha value is -1.86. The van der Waals surface area contributed by atoms with Gasteiger partial charge < -0.3 is 5.32 Å². The number of nitro benzene ring substituents is 1. The van der Waals surface area contributed by atoms with Gasteiger partial charge in [-0.05, 0) is 11.6 Å². The zero-order valence-electron chi connectivity index (χ0n) is 9.70. The Morgan fingerprint density at radius 2 is 2.21 bits per heavy atom. The third-order valence-corrected chi connectivity index (χ3v) is 3.75. The number of hydrogen-bond donors (Lipinski definition) is 2. The molecule has 98 valence electrons. The minimum atomic E-state index is -0.461. The molecule has 19 heavy (non-hydrogen) atoms. The minimum Gasteiger partial charge on any atom is -0.347 e. The number of carbonyl (C=O) groups excluding carboxylic acids is 1. The van der Waals surface area contributed by atoms with Crippen molar-refractivity contribution in [2.45, 2.75) is 11.4 Å². The van der Waals surface area contributed by atoms with Gasteiger partial charge in [0.2, 0.25) is 0 Å². The molecule has 7 heteroatoms. The first-order valence-electron chi connectivity index (χ1n) is 5.35. The summed E-state index contributed by atoms with van der Waals surface area (Å²) in [6.07, 6.45) is 0. The number of nitrogens with zero attached hydrogens (tertiary/aromatic N) is 1. The SMILES string of the molecule is O=C(NCc1cccc([N+](=O)[O-])c1)c1cc(S)cs1. The summed E-state index contributed by atoms with van der Waals surface area (Å²) < 4.78 is 0. The smallest absolute Gasteiger partial charge is 0.269 e. The van der Waals surface area contributed by atoms with Crippen LogP contribution in [0.2, 0.25) is 0 Å². The summed E-state index contributed by atoms with van der Waals surface area (Å²) in [5, 5.41) is 15.1. The van der Waals surface area contributed by atoms with Gasteiger partial charge in [-0.25, -0.2) is 0 Å². The zero-order valence-corrected chi connectivity index (χ0v) is 11.4. The second-order valence-electron chi connectivity index (χ2n) is 3.78. The molecular formula is C12H10N2O3S2. The second-order valence-corrected chi connectivity index (χ2v) is 5.21. The average molecular weight is 294 g/mol. The Labute approximate surface area is 118 Å². The van der Waals surface area contributed by atoms with Crippen LogP contribution in [-0.4, -0.2) is 10.8 Å². The minimum absolute atomic E-state index is 0.0144. The fourth-order valence-electron chi connectivity index (χ4n) is 1.49. The molecule has 0 atom stereocenters. The van der Waals surface area contributed by atoms with Gasteiger partial charge in [-0.15, -0.1) is 24.0 Å². The Balaban J connectivity index is 2.01. The Bertz CT molecular complexity index is 625. The van der Waals surface area contributed by atoms with Crippen molar-refractivity contribution in [2.75, 3.05) is 0 Å². The summed E-state index contributed by atoms with van der Waals surface area (Å²) >= 11 is 5.43. The topological polar surface area (TPSA) is 72.2 Å². The van der Waals surface area contributed by atoms with E-state index in [0.29, 0.717) is 10.4 Å². The summed E-state index contributed by atoms with van der Waals surface area (Å²) in [5.74, 6) is -0.211. The lowest BCUT2D eigenvalue weighted by molar-refractivity contribution is -0.384. The molecule has 0 spiro atoms. The van der Waals surface area contributed by atoms with Gasteiger partial charge in [0, 0.05) is 29.0 Å². The predicted molar refractivity (Wildman–Crippen MR) is 75.8 cm³/mol. The van der Waals surface area contributed by atoms with Gasteiger partial charge in [0.05, 0.1) is 9.80 Å².